The van der Waals surface area contributed by atoms with Crippen LogP contribution in [0.1, 0.15) is 12.6 Å². The topological polar surface area (TPSA) is 66.4 Å². The van der Waals surface area contributed by atoms with Gasteiger partial charge in [0.2, 0.25) is 0 Å². The van der Waals surface area contributed by atoms with Gasteiger partial charge < -0.3 is 5.32 Å². The van der Waals surface area contributed by atoms with Crippen LogP contribution in [0.5, 0.6) is 0 Å². The molecule has 0 bridgehead atoms. The van der Waals surface area contributed by atoms with E-state index < -0.39 is 5.54 Å². The lowest BCUT2D eigenvalue weighted by Gasteiger charge is -2.25. The van der Waals surface area contributed by atoms with Gasteiger partial charge in [-0.1, -0.05) is 12.1 Å². The molecule has 1 amide bonds. The monoisotopic (exact) mass is 242 g/mol. The summed E-state index contributed by atoms with van der Waals surface area (Å²) in [7, 11) is 0. The predicted octanol–water partition coefficient (Wildman–Crippen LogP) is 0.963. The lowest BCUT2D eigenvalue weighted by atomic mass is 9.99. The van der Waals surface area contributed by atoms with Gasteiger partial charge in [-0.05, 0) is 37.4 Å². The fourth-order valence-electron chi connectivity index (χ4n) is 1.44. The van der Waals surface area contributed by atoms with Crippen LogP contribution in [-0.2, 0) is 4.79 Å². The molecule has 2 heterocycles. The maximum Gasteiger partial charge on any atom is 0.269 e. The molecule has 5 nitrogen and oxygen atoms in total. The third-order valence-electron chi connectivity index (χ3n) is 2.54. The van der Waals surface area contributed by atoms with Crippen molar-refractivity contribution in [2.45, 2.75) is 12.5 Å². The van der Waals surface area contributed by atoms with Crippen molar-refractivity contribution in [2.24, 2.45) is 5.10 Å². The Hall–Kier alpha value is -2.43. The molecule has 0 spiro atoms. The van der Waals surface area contributed by atoms with Crippen LogP contribution < -0.4 is 10.7 Å². The lowest BCUT2D eigenvalue weighted by Crippen LogP contribution is -2.51. The number of allylic oxidation sites excluding steroid dienone is 2. The zero-order valence-electron chi connectivity index (χ0n) is 10.00. The summed E-state index contributed by atoms with van der Waals surface area (Å²) in [6, 6.07) is 5.48. The molecule has 1 aliphatic rings. The molecule has 2 N–H and O–H groups in total. The van der Waals surface area contributed by atoms with Crippen molar-refractivity contribution in [2.75, 3.05) is 0 Å². The van der Waals surface area contributed by atoms with Crippen LogP contribution in [0, 0.1) is 0 Å². The second-order valence-electron chi connectivity index (χ2n) is 4.02. The highest BCUT2D eigenvalue weighted by Crippen LogP contribution is 2.09. The Morgan fingerprint density at radius 2 is 2.39 bits per heavy atom. The Morgan fingerprint density at radius 3 is 3.06 bits per heavy atom. The van der Waals surface area contributed by atoms with Gasteiger partial charge in [0.15, 0.2) is 0 Å². The molecule has 0 fully saturated rings. The third kappa shape index (κ3) is 2.82. The normalized spacial score (nSPS) is 21.8. The van der Waals surface area contributed by atoms with Gasteiger partial charge in [0.05, 0.1) is 11.9 Å². The molecule has 18 heavy (non-hydrogen) atoms. The predicted molar refractivity (Wildman–Crippen MR) is 69.8 cm³/mol. The first-order chi connectivity index (χ1) is 8.71. The fourth-order valence-corrected chi connectivity index (χ4v) is 1.44. The summed E-state index contributed by atoms with van der Waals surface area (Å²) in [6.45, 7) is 1.78. The maximum atomic E-state index is 11.9. The summed E-state index contributed by atoms with van der Waals surface area (Å²) in [4.78, 5) is 16.0. The van der Waals surface area contributed by atoms with Gasteiger partial charge in [-0.2, -0.15) is 5.10 Å². The highest BCUT2D eigenvalue weighted by Gasteiger charge is 2.29. The van der Waals surface area contributed by atoms with E-state index in [4.69, 9.17) is 0 Å². The third-order valence-corrected chi connectivity index (χ3v) is 2.54. The summed E-state index contributed by atoms with van der Waals surface area (Å²) in [5.74, 6) is -0.227. The molecule has 0 radical (unpaired) electrons. The fraction of sp³-hybridized carbons (Fsp3) is 0.154. The summed E-state index contributed by atoms with van der Waals surface area (Å²) in [6.07, 6.45) is 10.3. The summed E-state index contributed by atoms with van der Waals surface area (Å²) in [5, 5.41) is 6.85. The van der Waals surface area contributed by atoms with Crippen molar-refractivity contribution in [1.29, 1.82) is 0 Å². The van der Waals surface area contributed by atoms with Crippen LogP contribution in [0.3, 0.4) is 0 Å². The zero-order valence-corrected chi connectivity index (χ0v) is 10.00. The molecule has 1 aliphatic heterocycles. The number of carbonyl (C=O) groups excluding carboxylic acids is 1. The van der Waals surface area contributed by atoms with E-state index in [0.717, 1.165) is 0 Å². The average Bonchev–Trinajstić information content (AvgIpc) is 2.41. The number of dihydropyridines is 1. The standard InChI is InChI=1S/C13H14N4O/c1-13(7-3-5-9-15-13)12(18)17-16-10-11-6-2-4-8-14-11/h2-10,15H,1H3,(H,17,18). The number of nitrogens with one attached hydrogen (secondary N) is 2. The molecule has 2 rings (SSSR count). The van der Waals surface area contributed by atoms with E-state index in [1.54, 1.807) is 31.5 Å². The first kappa shape index (κ1) is 12.0. The van der Waals surface area contributed by atoms with Crippen molar-refractivity contribution >= 4 is 12.1 Å². The quantitative estimate of drug-likeness (QED) is 0.613. The van der Waals surface area contributed by atoms with Crippen LogP contribution in [0.25, 0.3) is 0 Å². The number of pyridine rings is 1. The second-order valence-corrected chi connectivity index (χ2v) is 4.02. The van der Waals surface area contributed by atoms with Gasteiger partial charge in [0, 0.05) is 6.20 Å². The number of carbonyl (C=O) groups is 1. The van der Waals surface area contributed by atoms with Gasteiger partial charge in [-0.3, -0.25) is 9.78 Å². The van der Waals surface area contributed by atoms with E-state index in [1.165, 1.54) is 6.21 Å². The number of rotatable bonds is 3. The van der Waals surface area contributed by atoms with Gasteiger partial charge >= 0.3 is 0 Å². The molecule has 0 aliphatic carbocycles. The Bertz CT molecular complexity index is 507. The average molecular weight is 242 g/mol. The summed E-state index contributed by atoms with van der Waals surface area (Å²) in [5.41, 5.74) is 2.41. The van der Waals surface area contributed by atoms with E-state index in [2.05, 4.69) is 20.8 Å². The number of amides is 1. The van der Waals surface area contributed by atoms with E-state index in [9.17, 15) is 4.79 Å². The van der Waals surface area contributed by atoms with E-state index in [0.29, 0.717) is 5.69 Å². The lowest BCUT2D eigenvalue weighted by molar-refractivity contribution is -0.125. The molecular formula is C13H14N4O. The van der Waals surface area contributed by atoms with Crippen molar-refractivity contribution in [3.63, 3.8) is 0 Å². The molecule has 0 aromatic carbocycles. The van der Waals surface area contributed by atoms with Crippen LogP contribution >= 0.6 is 0 Å². The number of hydrogen-bond acceptors (Lipinski definition) is 4. The van der Waals surface area contributed by atoms with Gasteiger partial charge in [-0.25, -0.2) is 5.43 Å². The summed E-state index contributed by atoms with van der Waals surface area (Å²) < 4.78 is 0. The second kappa shape index (κ2) is 5.27. The van der Waals surface area contributed by atoms with Gasteiger partial charge in [0.1, 0.15) is 5.54 Å². The number of hydrogen-bond donors (Lipinski definition) is 2. The maximum absolute atomic E-state index is 11.9. The van der Waals surface area contributed by atoms with E-state index in [-0.39, 0.29) is 5.91 Å². The van der Waals surface area contributed by atoms with Crippen LogP contribution in [-0.4, -0.2) is 22.6 Å². The smallest absolute Gasteiger partial charge is 0.269 e. The summed E-state index contributed by atoms with van der Waals surface area (Å²) >= 11 is 0. The molecule has 1 atom stereocenters. The number of aromatic nitrogens is 1. The molecule has 1 aromatic heterocycles. The molecule has 5 heteroatoms. The minimum Gasteiger partial charge on any atom is -0.374 e. The number of nitrogens with zero attached hydrogens (tertiary/aromatic N) is 2. The van der Waals surface area contributed by atoms with Gasteiger partial charge in [0.25, 0.3) is 5.91 Å². The van der Waals surface area contributed by atoms with Crippen LogP contribution in [0.4, 0.5) is 0 Å². The Labute approximate surface area is 105 Å². The van der Waals surface area contributed by atoms with E-state index >= 15 is 0 Å². The largest absolute Gasteiger partial charge is 0.374 e. The van der Waals surface area contributed by atoms with E-state index in [1.807, 2.05) is 24.3 Å². The first-order valence-electron chi connectivity index (χ1n) is 5.57. The Morgan fingerprint density at radius 1 is 1.50 bits per heavy atom. The minimum absolute atomic E-state index is 0.227. The molecule has 92 valence electrons. The van der Waals surface area contributed by atoms with Crippen LogP contribution in [0.2, 0.25) is 0 Å². The SMILES string of the molecule is CC1(C(=O)NN=Cc2ccccn2)C=CC=CN1. The first-order valence-corrected chi connectivity index (χ1v) is 5.57. The Balaban J connectivity index is 1.95. The minimum atomic E-state index is -0.768. The molecular weight excluding hydrogens is 228 g/mol. The molecule has 1 aromatic rings. The molecule has 0 saturated heterocycles. The zero-order chi connectivity index (χ0) is 12.8. The van der Waals surface area contributed by atoms with Crippen molar-refractivity contribution in [3.8, 4) is 0 Å². The highest BCUT2D eigenvalue weighted by atomic mass is 16.2. The molecule has 0 saturated carbocycles. The van der Waals surface area contributed by atoms with Crippen molar-refractivity contribution in [1.82, 2.24) is 15.7 Å². The number of hydrazone groups is 1. The molecule has 1 unspecified atom stereocenters. The van der Waals surface area contributed by atoms with Crippen LogP contribution in [0.15, 0.2) is 53.9 Å². The van der Waals surface area contributed by atoms with Crippen molar-refractivity contribution in [3.05, 3.63) is 54.5 Å². The van der Waals surface area contributed by atoms with Gasteiger partial charge in [-0.15, -0.1) is 0 Å². The highest BCUT2D eigenvalue weighted by molar-refractivity contribution is 5.89. The Kier molecular flexibility index (Phi) is 3.52. The van der Waals surface area contributed by atoms with Crippen molar-refractivity contribution < 1.29 is 4.79 Å².